The highest BCUT2D eigenvalue weighted by Gasteiger charge is 2.26. The van der Waals surface area contributed by atoms with Crippen molar-refractivity contribution in [3.8, 4) is 11.5 Å². The molecule has 0 spiro atoms. The van der Waals surface area contributed by atoms with Crippen LogP contribution in [0.5, 0.6) is 11.5 Å². The van der Waals surface area contributed by atoms with Crippen LogP contribution in [0.15, 0.2) is 60.7 Å². The molecule has 3 aromatic rings. The normalized spacial score (nSPS) is 14.5. The molecule has 0 radical (unpaired) electrons. The van der Waals surface area contributed by atoms with E-state index in [1.54, 1.807) is 18.2 Å². The van der Waals surface area contributed by atoms with E-state index in [4.69, 9.17) is 16.3 Å². The third-order valence-corrected chi connectivity index (χ3v) is 5.95. The number of aromatic hydroxyl groups is 1. The number of ether oxygens (including phenoxy) is 1. The number of para-hydroxylation sites is 1. The molecule has 32 heavy (non-hydrogen) atoms. The maximum absolute atomic E-state index is 12.8. The number of phenols is 1. The van der Waals surface area contributed by atoms with Gasteiger partial charge in [0, 0.05) is 6.42 Å². The monoisotopic (exact) mass is 449 g/mol. The van der Waals surface area contributed by atoms with Gasteiger partial charge in [0.1, 0.15) is 17.6 Å². The predicted molar refractivity (Wildman–Crippen MR) is 125 cm³/mol. The Morgan fingerprint density at radius 3 is 2.62 bits per heavy atom. The molecule has 4 rings (SSSR count). The Labute approximate surface area is 192 Å². The zero-order valence-corrected chi connectivity index (χ0v) is 18.5. The van der Waals surface area contributed by atoms with E-state index in [0.717, 1.165) is 24.8 Å². The zero-order chi connectivity index (χ0) is 22.7. The lowest BCUT2D eigenvalue weighted by molar-refractivity contribution is 0.100. The number of fused-ring (bicyclic) bond motifs is 1. The van der Waals surface area contributed by atoms with E-state index < -0.39 is 5.91 Å². The standard InChI is InChI=1S/C26H24ClNO4/c1-16(29)20-11-6-12-23(25(20)30)28-26(31)21-14-18-13-19(32-24(18)15-22(21)27)10-5-9-17-7-3-2-4-8-17/h2-4,6-8,11-12,14-15,19,30H,5,9-10,13H2,1H3,(H,28,31). The number of hydrogen-bond donors (Lipinski definition) is 2. The number of halogens is 1. The molecule has 6 heteroatoms. The number of Topliss-reactive ketones (excluding diaryl/α,β-unsaturated/α-hetero) is 1. The molecule has 2 N–H and O–H groups in total. The van der Waals surface area contributed by atoms with Gasteiger partial charge in [0.25, 0.3) is 5.91 Å². The number of anilines is 1. The molecule has 0 saturated carbocycles. The van der Waals surface area contributed by atoms with Crippen molar-refractivity contribution in [3.63, 3.8) is 0 Å². The Morgan fingerprint density at radius 1 is 1.09 bits per heavy atom. The molecule has 0 aromatic heterocycles. The van der Waals surface area contributed by atoms with E-state index in [1.807, 2.05) is 18.2 Å². The second kappa shape index (κ2) is 9.45. The minimum Gasteiger partial charge on any atom is -0.505 e. The maximum atomic E-state index is 12.8. The number of rotatable bonds is 7. The van der Waals surface area contributed by atoms with E-state index in [1.165, 1.54) is 24.6 Å². The molecule has 1 aliphatic heterocycles. The number of hydrogen-bond acceptors (Lipinski definition) is 4. The van der Waals surface area contributed by atoms with Crippen LogP contribution in [-0.4, -0.2) is 22.9 Å². The number of aryl methyl sites for hydroxylation is 1. The minimum atomic E-state index is -0.457. The Bertz CT molecular complexity index is 1160. The molecule has 1 unspecified atom stereocenters. The summed E-state index contributed by atoms with van der Waals surface area (Å²) in [6.07, 6.45) is 3.68. The molecule has 1 heterocycles. The van der Waals surface area contributed by atoms with Crippen LogP contribution >= 0.6 is 11.6 Å². The van der Waals surface area contributed by atoms with E-state index in [2.05, 4.69) is 17.4 Å². The molecular weight excluding hydrogens is 426 g/mol. The van der Waals surface area contributed by atoms with Crippen LogP contribution in [0.4, 0.5) is 5.69 Å². The number of carbonyl (C=O) groups is 2. The fourth-order valence-electron chi connectivity index (χ4n) is 3.97. The fourth-order valence-corrected chi connectivity index (χ4v) is 4.21. The van der Waals surface area contributed by atoms with Gasteiger partial charge in [-0.2, -0.15) is 0 Å². The number of nitrogens with one attached hydrogen (secondary N) is 1. The van der Waals surface area contributed by atoms with Gasteiger partial charge in [-0.3, -0.25) is 9.59 Å². The van der Waals surface area contributed by atoms with Crippen LogP contribution < -0.4 is 10.1 Å². The van der Waals surface area contributed by atoms with Crippen LogP contribution in [-0.2, 0) is 12.8 Å². The topological polar surface area (TPSA) is 75.6 Å². The molecule has 0 fully saturated rings. The van der Waals surface area contributed by atoms with E-state index in [0.29, 0.717) is 17.7 Å². The Morgan fingerprint density at radius 2 is 1.88 bits per heavy atom. The summed E-state index contributed by atoms with van der Waals surface area (Å²) < 4.78 is 6.05. The van der Waals surface area contributed by atoms with Crippen LogP contribution in [0.25, 0.3) is 0 Å². The first kappa shape index (κ1) is 21.9. The summed E-state index contributed by atoms with van der Waals surface area (Å²) in [5, 5.41) is 13.2. The Kier molecular flexibility index (Phi) is 6.47. The first-order valence-corrected chi connectivity index (χ1v) is 11.0. The van der Waals surface area contributed by atoms with Crippen molar-refractivity contribution in [1.29, 1.82) is 0 Å². The molecule has 1 aliphatic rings. The lowest BCUT2D eigenvalue weighted by atomic mass is 10.0. The second-order valence-electron chi connectivity index (χ2n) is 7.97. The molecule has 0 aliphatic carbocycles. The number of ketones is 1. The van der Waals surface area contributed by atoms with E-state index >= 15 is 0 Å². The van der Waals surface area contributed by atoms with Gasteiger partial charge >= 0.3 is 0 Å². The maximum Gasteiger partial charge on any atom is 0.257 e. The molecular formula is C26H24ClNO4. The number of benzene rings is 3. The predicted octanol–water partition coefficient (Wildman–Crippen LogP) is 5.83. The van der Waals surface area contributed by atoms with Crippen molar-refractivity contribution >= 4 is 29.0 Å². The lowest BCUT2D eigenvalue weighted by Crippen LogP contribution is -2.13. The van der Waals surface area contributed by atoms with Gasteiger partial charge < -0.3 is 15.2 Å². The van der Waals surface area contributed by atoms with Gasteiger partial charge in [-0.05, 0) is 61.6 Å². The lowest BCUT2D eigenvalue weighted by Gasteiger charge is -2.12. The van der Waals surface area contributed by atoms with Crippen LogP contribution in [0.3, 0.4) is 0 Å². The SMILES string of the molecule is CC(=O)c1cccc(NC(=O)c2cc3c(cc2Cl)OC(CCCc2ccccc2)C3)c1O. The molecule has 164 valence electrons. The molecule has 1 atom stereocenters. The Hall–Kier alpha value is -3.31. The quantitative estimate of drug-likeness (QED) is 0.351. The second-order valence-corrected chi connectivity index (χ2v) is 8.38. The Balaban J connectivity index is 1.42. The van der Waals surface area contributed by atoms with Crippen molar-refractivity contribution in [2.45, 2.75) is 38.7 Å². The van der Waals surface area contributed by atoms with Gasteiger partial charge in [-0.25, -0.2) is 0 Å². The first-order chi connectivity index (χ1) is 15.4. The highest BCUT2D eigenvalue weighted by molar-refractivity contribution is 6.34. The van der Waals surface area contributed by atoms with Gasteiger partial charge in [-0.15, -0.1) is 0 Å². The number of carbonyl (C=O) groups excluding carboxylic acids is 2. The van der Waals surface area contributed by atoms with Gasteiger partial charge in [-0.1, -0.05) is 48.0 Å². The molecule has 3 aromatic carbocycles. The summed E-state index contributed by atoms with van der Waals surface area (Å²) in [6, 6.07) is 18.4. The third kappa shape index (κ3) is 4.78. The highest BCUT2D eigenvalue weighted by atomic mass is 35.5. The summed E-state index contributed by atoms with van der Waals surface area (Å²) in [4.78, 5) is 24.5. The average Bonchev–Trinajstić information content (AvgIpc) is 3.16. The first-order valence-electron chi connectivity index (χ1n) is 10.6. The van der Waals surface area contributed by atoms with Gasteiger partial charge in [0.05, 0.1) is 21.8 Å². The molecule has 1 amide bonds. The summed E-state index contributed by atoms with van der Waals surface area (Å²) in [6.45, 7) is 1.36. The summed E-state index contributed by atoms with van der Waals surface area (Å²) in [5.74, 6) is -0.295. The molecule has 0 saturated heterocycles. The zero-order valence-electron chi connectivity index (χ0n) is 17.7. The average molecular weight is 450 g/mol. The molecule has 0 bridgehead atoms. The van der Waals surface area contributed by atoms with Gasteiger partial charge in [0.15, 0.2) is 5.78 Å². The van der Waals surface area contributed by atoms with Crippen molar-refractivity contribution < 1.29 is 19.4 Å². The largest absolute Gasteiger partial charge is 0.505 e. The van der Waals surface area contributed by atoms with E-state index in [-0.39, 0.29) is 33.9 Å². The number of phenolic OH excluding ortho intramolecular Hbond substituents is 1. The van der Waals surface area contributed by atoms with Crippen molar-refractivity contribution in [2.24, 2.45) is 0 Å². The van der Waals surface area contributed by atoms with Crippen molar-refractivity contribution in [2.75, 3.05) is 5.32 Å². The third-order valence-electron chi connectivity index (χ3n) is 5.63. The number of amides is 1. The van der Waals surface area contributed by atoms with Crippen LogP contribution in [0.1, 0.15) is 51.6 Å². The minimum absolute atomic E-state index is 0.0550. The summed E-state index contributed by atoms with van der Waals surface area (Å²) in [7, 11) is 0. The summed E-state index contributed by atoms with van der Waals surface area (Å²) in [5.41, 5.74) is 2.85. The fraction of sp³-hybridized carbons (Fsp3) is 0.231. The van der Waals surface area contributed by atoms with E-state index in [9.17, 15) is 14.7 Å². The van der Waals surface area contributed by atoms with Crippen molar-refractivity contribution in [1.82, 2.24) is 0 Å². The van der Waals surface area contributed by atoms with Crippen LogP contribution in [0.2, 0.25) is 5.02 Å². The summed E-state index contributed by atoms with van der Waals surface area (Å²) >= 11 is 6.37. The van der Waals surface area contributed by atoms with Crippen LogP contribution in [0, 0.1) is 0 Å². The molecule has 5 nitrogen and oxygen atoms in total. The highest BCUT2D eigenvalue weighted by Crippen LogP contribution is 2.36. The van der Waals surface area contributed by atoms with Crippen molar-refractivity contribution in [3.05, 3.63) is 87.9 Å². The van der Waals surface area contributed by atoms with Gasteiger partial charge in [0.2, 0.25) is 0 Å². The smallest absolute Gasteiger partial charge is 0.257 e.